The minimum absolute atomic E-state index is 0.817. The van der Waals surface area contributed by atoms with Gasteiger partial charge in [0.15, 0.2) is 0 Å². The highest BCUT2D eigenvalue weighted by molar-refractivity contribution is 5.00. The van der Waals surface area contributed by atoms with Gasteiger partial charge in [0.2, 0.25) is 0 Å². The van der Waals surface area contributed by atoms with Crippen LogP contribution < -0.4 is 5.32 Å². The van der Waals surface area contributed by atoms with Gasteiger partial charge in [-0.25, -0.2) is 0 Å². The molecule has 2 saturated carbocycles. The van der Waals surface area contributed by atoms with E-state index in [4.69, 9.17) is 0 Å². The Labute approximate surface area is 74.9 Å². The lowest BCUT2D eigenvalue weighted by molar-refractivity contribution is 0.203. The van der Waals surface area contributed by atoms with Gasteiger partial charge in [-0.3, -0.25) is 0 Å². The molecule has 1 spiro atoms. The normalized spacial score (nSPS) is 44.0. The SMILES string of the molecule is C1CC2(CCN1)CC1CCC1C2. The summed E-state index contributed by atoms with van der Waals surface area (Å²) in [6.07, 6.45) is 9.22. The maximum Gasteiger partial charge on any atom is -0.00436 e. The molecule has 2 atom stereocenters. The Morgan fingerprint density at radius 1 is 0.917 bits per heavy atom. The third-order valence-electron chi connectivity index (χ3n) is 4.63. The summed E-state index contributed by atoms with van der Waals surface area (Å²) in [5.74, 6) is 2.31. The summed E-state index contributed by atoms with van der Waals surface area (Å²) in [6.45, 7) is 2.58. The molecule has 1 aliphatic heterocycles. The highest BCUT2D eigenvalue weighted by Gasteiger charge is 2.48. The van der Waals surface area contributed by atoms with Crippen LogP contribution >= 0.6 is 0 Å². The average Bonchev–Trinajstić information content (AvgIpc) is 2.31. The van der Waals surface area contributed by atoms with E-state index in [0.29, 0.717) is 0 Å². The predicted octanol–water partition coefficient (Wildman–Crippen LogP) is 2.18. The van der Waals surface area contributed by atoms with Crippen molar-refractivity contribution in [1.29, 1.82) is 0 Å². The molecule has 1 N–H and O–H groups in total. The number of hydrogen-bond acceptors (Lipinski definition) is 1. The molecule has 0 aromatic carbocycles. The molecule has 0 amide bonds. The lowest BCUT2D eigenvalue weighted by Gasteiger charge is -2.33. The summed E-state index contributed by atoms with van der Waals surface area (Å²) in [5.41, 5.74) is 0.817. The number of hydrogen-bond donors (Lipinski definition) is 1. The molecule has 1 heterocycles. The van der Waals surface area contributed by atoms with Crippen molar-refractivity contribution in [2.24, 2.45) is 17.3 Å². The van der Waals surface area contributed by atoms with Crippen molar-refractivity contribution in [3.8, 4) is 0 Å². The van der Waals surface area contributed by atoms with Crippen LogP contribution in [0.2, 0.25) is 0 Å². The number of piperidine rings is 1. The predicted molar refractivity (Wildman–Crippen MR) is 50.0 cm³/mol. The van der Waals surface area contributed by atoms with E-state index in [0.717, 1.165) is 17.3 Å². The lowest BCUT2D eigenvalue weighted by Crippen LogP contribution is -2.35. The van der Waals surface area contributed by atoms with Crippen molar-refractivity contribution < 1.29 is 0 Å². The smallest absolute Gasteiger partial charge is 0.00436 e. The average molecular weight is 165 g/mol. The molecule has 0 aromatic heterocycles. The van der Waals surface area contributed by atoms with E-state index in [-0.39, 0.29) is 0 Å². The summed E-state index contributed by atoms with van der Waals surface area (Å²) < 4.78 is 0. The van der Waals surface area contributed by atoms with Crippen LogP contribution in [-0.2, 0) is 0 Å². The topological polar surface area (TPSA) is 12.0 Å². The lowest BCUT2D eigenvalue weighted by atomic mass is 9.77. The Balaban J connectivity index is 1.74. The molecule has 1 saturated heterocycles. The van der Waals surface area contributed by atoms with E-state index >= 15 is 0 Å². The van der Waals surface area contributed by atoms with Crippen molar-refractivity contribution in [2.75, 3.05) is 13.1 Å². The third-order valence-corrected chi connectivity index (χ3v) is 4.63. The molecule has 0 bridgehead atoms. The van der Waals surface area contributed by atoms with Crippen LogP contribution in [0.3, 0.4) is 0 Å². The van der Waals surface area contributed by atoms with E-state index < -0.39 is 0 Å². The molecular weight excluding hydrogens is 146 g/mol. The Kier molecular flexibility index (Phi) is 1.52. The number of fused-ring (bicyclic) bond motifs is 1. The summed E-state index contributed by atoms with van der Waals surface area (Å²) >= 11 is 0. The van der Waals surface area contributed by atoms with Crippen LogP contribution in [0.5, 0.6) is 0 Å². The van der Waals surface area contributed by atoms with Crippen LogP contribution in [0, 0.1) is 17.3 Å². The van der Waals surface area contributed by atoms with Gasteiger partial charge in [0, 0.05) is 0 Å². The Morgan fingerprint density at radius 2 is 1.50 bits per heavy atom. The first-order valence-corrected chi connectivity index (χ1v) is 5.59. The Bertz CT molecular complexity index is 167. The second kappa shape index (κ2) is 2.47. The van der Waals surface area contributed by atoms with Gasteiger partial charge in [-0.2, -0.15) is 0 Å². The molecule has 3 rings (SSSR count). The van der Waals surface area contributed by atoms with Crippen molar-refractivity contribution >= 4 is 0 Å². The highest BCUT2D eigenvalue weighted by Crippen LogP contribution is 2.58. The van der Waals surface area contributed by atoms with Gasteiger partial charge >= 0.3 is 0 Å². The second-order valence-electron chi connectivity index (χ2n) is 5.26. The van der Waals surface area contributed by atoms with Gasteiger partial charge in [0.25, 0.3) is 0 Å². The second-order valence-corrected chi connectivity index (χ2v) is 5.26. The molecule has 2 unspecified atom stereocenters. The van der Waals surface area contributed by atoms with Crippen LogP contribution in [0.15, 0.2) is 0 Å². The first-order valence-electron chi connectivity index (χ1n) is 5.59. The van der Waals surface area contributed by atoms with E-state index in [9.17, 15) is 0 Å². The summed E-state index contributed by atoms with van der Waals surface area (Å²) in [4.78, 5) is 0. The Morgan fingerprint density at radius 3 is 2.00 bits per heavy atom. The molecular formula is C11H19N. The van der Waals surface area contributed by atoms with Crippen molar-refractivity contribution in [3.05, 3.63) is 0 Å². The van der Waals surface area contributed by atoms with Gasteiger partial charge in [-0.15, -0.1) is 0 Å². The van der Waals surface area contributed by atoms with Gasteiger partial charge in [0.1, 0.15) is 0 Å². The minimum atomic E-state index is 0.817. The van der Waals surface area contributed by atoms with Crippen LogP contribution in [0.25, 0.3) is 0 Å². The molecule has 2 aliphatic carbocycles. The van der Waals surface area contributed by atoms with Gasteiger partial charge in [-0.05, 0) is 68.9 Å². The number of rotatable bonds is 0. The zero-order valence-electron chi connectivity index (χ0n) is 7.81. The molecule has 12 heavy (non-hydrogen) atoms. The maximum absolute atomic E-state index is 3.49. The van der Waals surface area contributed by atoms with E-state index in [1.54, 1.807) is 25.7 Å². The van der Waals surface area contributed by atoms with Crippen molar-refractivity contribution in [2.45, 2.75) is 38.5 Å². The third kappa shape index (κ3) is 0.953. The fraction of sp³-hybridized carbons (Fsp3) is 1.00. The zero-order valence-corrected chi connectivity index (χ0v) is 7.81. The van der Waals surface area contributed by atoms with Crippen molar-refractivity contribution in [1.82, 2.24) is 5.32 Å². The highest BCUT2D eigenvalue weighted by atomic mass is 14.9. The molecule has 0 aromatic rings. The van der Waals surface area contributed by atoms with E-state index in [1.165, 1.54) is 25.9 Å². The first-order chi connectivity index (χ1) is 5.88. The molecule has 3 aliphatic rings. The molecule has 0 radical (unpaired) electrons. The molecule has 68 valence electrons. The first kappa shape index (κ1) is 7.37. The fourth-order valence-electron chi connectivity index (χ4n) is 3.74. The largest absolute Gasteiger partial charge is 0.317 e. The van der Waals surface area contributed by atoms with Crippen LogP contribution in [0.4, 0.5) is 0 Å². The zero-order chi connectivity index (χ0) is 8.02. The van der Waals surface area contributed by atoms with Gasteiger partial charge in [0.05, 0.1) is 0 Å². The standard InChI is InChI=1S/C11H19N/c1-2-10-8-11(7-9(1)10)3-5-12-6-4-11/h9-10,12H,1-8H2. The summed E-state index contributed by atoms with van der Waals surface area (Å²) in [6, 6.07) is 0. The van der Waals surface area contributed by atoms with Crippen LogP contribution in [-0.4, -0.2) is 13.1 Å². The van der Waals surface area contributed by atoms with E-state index in [2.05, 4.69) is 5.32 Å². The maximum atomic E-state index is 3.49. The fourth-order valence-corrected chi connectivity index (χ4v) is 3.74. The Hall–Kier alpha value is -0.0400. The van der Waals surface area contributed by atoms with Gasteiger partial charge < -0.3 is 5.32 Å². The van der Waals surface area contributed by atoms with Crippen LogP contribution in [0.1, 0.15) is 38.5 Å². The molecule has 1 heteroatoms. The number of nitrogens with one attached hydrogen (secondary N) is 1. The van der Waals surface area contributed by atoms with Crippen molar-refractivity contribution in [3.63, 3.8) is 0 Å². The monoisotopic (exact) mass is 165 g/mol. The molecule has 1 nitrogen and oxygen atoms in total. The van der Waals surface area contributed by atoms with Gasteiger partial charge in [-0.1, -0.05) is 0 Å². The molecule has 3 fully saturated rings. The quantitative estimate of drug-likeness (QED) is 0.580. The summed E-state index contributed by atoms with van der Waals surface area (Å²) in [7, 11) is 0. The van der Waals surface area contributed by atoms with E-state index in [1.807, 2.05) is 0 Å². The summed E-state index contributed by atoms with van der Waals surface area (Å²) in [5, 5.41) is 3.49. The minimum Gasteiger partial charge on any atom is -0.317 e.